The number of nitrogens with one attached hydrogen (secondary N) is 1. The molecule has 0 aromatic heterocycles. The summed E-state index contributed by atoms with van der Waals surface area (Å²) in [5, 5.41) is 3.28. The second kappa shape index (κ2) is 6.06. The number of ether oxygens (including phenoxy) is 1. The van der Waals surface area contributed by atoms with Gasteiger partial charge in [0.15, 0.2) is 17.4 Å². The van der Waals surface area contributed by atoms with Crippen LogP contribution in [0.1, 0.15) is 20.3 Å². The predicted octanol–water partition coefficient (Wildman–Crippen LogP) is 3.63. The molecule has 0 aliphatic carbocycles. The normalized spacial score (nSPS) is 20.8. The molecular weight excluding hydrogens is 272 g/mol. The first kappa shape index (κ1) is 14.5. The molecule has 2 atom stereocenters. The van der Waals surface area contributed by atoms with Crippen molar-refractivity contribution in [3.05, 3.63) is 28.8 Å². The van der Waals surface area contributed by atoms with E-state index in [9.17, 15) is 8.78 Å². The Morgan fingerprint density at radius 1 is 1.32 bits per heavy atom. The number of hydrogen-bond donors (Lipinski definition) is 1. The lowest BCUT2D eigenvalue weighted by Gasteiger charge is -2.28. The van der Waals surface area contributed by atoms with Gasteiger partial charge in [-0.05, 0) is 31.0 Å². The van der Waals surface area contributed by atoms with E-state index in [1.807, 2.05) is 13.8 Å². The second-order valence-electron chi connectivity index (χ2n) is 5.28. The van der Waals surface area contributed by atoms with Crippen LogP contribution < -0.4 is 10.1 Å². The molecule has 1 fully saturated rings. The van der Waals surface area contributed by atoms with Crippen LogP contribution in [-0.2, 0) is 0 Å². The highest BCUT2D eigenvalue weighted by atomic mass is 35.5. The molecule has 2 rings (SSSR count). The van der Waals surface area contributed by atoms with Gasteiger partial charge in [-0.3, -0.25) is 0 Å². The van der Waals surface area contributed by atoms with Crippen LogP contribution in [0.3, 0.4) is 0 Å². The maximum atomic E-state index is 13.8. The lowest BCUT2D eigenvalue weighted by molar-refractivity contribution is 0.0879. The summed E-state index contributed by atoms with van der Waals surface area (Å²) in [5.41, 5.74) is 0. The van der Waals surface area contributed by atoms with E-state index in [1.165, 1.54) is 0 Å². The lowest BCUT2D eigenvalue weighted by atomic mass is 9.92. The van der Waals surface area contributed by atoms with Gasteiger partial charge in [-0.1, -0.05) is 25.4 Å². The Labute approximate surface area is 117 Å². The molecular formula is C14H18ClF2NO. The molecule has 1 aromatic carbocycles. The summed E-state index contributed by atoms with van der Waals surface area (Å²) in [6, 6.07) is 2.15. The van der Waals surface area contributed by atoms with Crippen LogP contribution in [-0.4, -0.2) is 19.2 Å². The molecule has 1 saturated heterocycles. The van der Waals surface area contributed by atoms with Gasteiger partial charge in [-0.15, -0.1) is 0 Å². The van der Waals surface area contributed by atoms with Gasteiger partial charge in [0.2, 0.25) is 0 Å². The molecule has 1 unspecified atom stereocenters. The molecule has 106 valence electrons. The van der Waals surface area contributed by atoms with E-state index in [-0.39, 0.29) is 28.7 Å². The van der Waals surface area contributed by atoms with E-state index in [0.717, 1.165) is 31.6 Å². The number of hydrogen-bond acceptors (Lipinski definition) is 2. The fourth-order valence-electron chi connectivity index (χ4n) is 2.51. The van der Waals surface area contributed by atoms with Crippen LogP contribution in [0.5, 0.6) is 5.75 Å². The summed E-state index contributed by atoms with van der Waals surface area (Å²) in [6.45, 7) is 5.73. The van der Waals surface area contributed by atoms with Crippen molar-refractivity contribution in [3.63, 3.8) is 0 Å². The fourth-order valence-corrected chi connectivity index (χ4v) is 2.70. The van der Waals surface area contributed by atoms with Gasteiger partial charge in [0.25, 0.3) is 0 Å². The zero-order valence-electron chi connectivity index (χ0n) is 11.1. The van der Waals surface area contributed by atoms with Gasteiger partial charge in [0, 0.05) is 17.5 Å². The number of rotatable bonds is 4. The van der Waals surface area contributed by atoms with Crippen LogP contribution in [0.4, 0.5) is 8.78 Å². The molecule has 2 nitrogen and oxygen atoms in total. The highest BCUT2D eigenvalue weighted by Gasteiger charge is 2.30. The lowest BCUT2D eigenvalue weighted by Crippen LogP contribution is -2.34. The van der Waals surface area contributed by atoms with Crippen LogP contribution in [0.2, 0.25) is 5.02 Å². The summed E-state index contributed by atoms with van der Waals surface area (Å²) < 4.78 is 33.1. The third kappa shape index (κ3) is 3.37. The molecule has 1 N–H and O–H groups in total. The first-order valence-corrected chi connectivity index (χ1v) is 6.88. The summed E-state index contributed by atoms with van der Waals surface area (Å²) >= 11 is 5.60. The maximum absolute atomic E-state index is 13.8. The van der Waals surface area contributed by atoms with Gasteiger partial charge >= 0.3 is 0 Å². The maximum Gasteiger partial charge on any atom is 0.191 e. The minimum Gasteiger partial charge on any atom is -0.484 e. The van der Waals surface area contributed by atoms with Crippen molar-refractivity contribution < 1.29 is 13.5 Å². The Bertz CT molecular complexity index is 424. The molecule has 0 spiro atoms. The van der Waals surface area contributed by atoms with Crippen LogP contribution in [0, 0.1) is 23.5 Å². The zero-order chi connectivity index (χ0) is 14.0. The average Bonchev–Trinajstić information content (AvgIpc) is 2.80. The third-order valence-corrected chi connectivity index (χ3v) is 3.66. The van der Waals surface area contributed by atoms with Gasteiger partial charge in [-0.25, -0.2) is 8.78 Å². The van der Waals surface area contributed by atoms with Gasteiger partial charge < -0.3 is 10.1 Å². The van der Waals surface area contributed by atoms with Crippen molar-refractivity contribution in [2.24, 2.45) is 11.8 Å². The van der Waals surface area contributed by atoms with E-state index < -0.39 is 11.6 Å². The average molecular weight is 290 g/mol. The highest BCUT2D eigenvalue weighted by Crippen LogP contribution is 2.30. The largest absolute Gasteiger partial charge is 0.484 e. The predicted molar refractivity (Wildman–Crippen MR) is 71.6 cm³/mol. The van der Waals surface area contributed by atoms with E-state index in [0.29, 0.717) is 0 Å². The van der Waals surface area contributed by atoms with E-state index >= 15 is 0 Å². The first-order chi connectivity index (χ1) is 8.99. The standard InChI is InChI=1S/C14H18ClF2NO/c1-8(2)13(9-3-4-18-7-9)19-14-11(16)5-10(15)6-12(14)17/h5-6,8-9,13,18H,3-4,7H2,1-2H3/t9?,13-/m1/s1. The minimum atomic E-state index is -0.749. The van der Waals surface area contributed by atoms with E-state index in [1.54, 1.807) is 0 Å². The molecule has 0 radical (unpaired) electrons. The first-order valence-electron chi connectivity index (χ1n) is 6.51. The quantitative estimate of drug-likeness (QED) is 0.914. The monoisotopic (exact) mass is 289 g/mol. The Morgan fingerprint density at radius 2 is 1.95 bits per heavy atom. The number of halogens is 3. The van der Waals surface area contributed by atoms with Crippen molar-refractivity contribution in [1.29, 1.82) is 0 Å². The fraction of sp³-hybridized carbons (Fsp3) is 0.571. The smallest absolute Gasteiger partial charge is 0.191 e. The van der Waals surface area contributed by atoms with Crippen LogP contribution in [0.25, 0.3) is 0 Å². The molecule has 1 aliphatic rings. The van der Waals surface area contributed by atoms with Crippen molar-refractivity contribution >= 4 is 11.6 Å². The molecule has 1 heterocycles. The molecule has 0 amide bonds. The topological polar surface area (TPSA) is 21.3 Å². The van der Waals surface area contributed by atoms with Crippen molar-refractivity contribution in [3.8, 4) is 5.75 Å². The minimum absolute atomic E-state index is 0.0333. The molecule has 1 aromatic rings. The zero-order valence-corrected chi connectivity index (χ0v) is 11.8. The highest BCUT2D eigenvalue weighted by molar-refractivity contribution is 6.30. The van der Waals surface area contributed by atoms with E-state index in [2.05, 4.69) is 5.32 Å². The van der Waals surface area contributed by atoms with Crippen LogP contribution >= 0.6 is 11.6 Å². The SMILES string of the molecule is CC(C)[C@@H](Oc1c(F)cc(Cl)cc1F)C1CCNC1. The summed E-state index contributed by atoms with van der Waals surface area (Å²) in [4.78, 5) is 0. The van der Waals surface area contributed by atoms with Crippen molar-refractivity contribution in [2.45, 2.75) is 26.4 Å². The van der Waals surface area contributed by atoms with Crippen LogP contribution in [0.15, 0.2) is 12.1 Å². The number of benzene rings is 1. The molecule has 0 saturated carbocycles. The molecule has 1 aliphatic heterocycles. The summed E-state index contributed by atoms with van der Waals surface area (Å²) in [5.74, 6) is -1.37. The Hall–Kier alpha value is -0.870. The van der Waals surface area contributed by atoms with Crippen molar-refractivity contribution in [1.82, 2.24) is 5.32 Å². The van der Waals surface area contributed by atoms with Crippen molar-refractivity contribution in [2.75, 3.05) is 13.1 Å². The summed E-state index contributed by atoms with van der Waals surface area (Å²) in [6.07, 6.45) is 0.750. The van der Waals surface area contributed by atoms with E-state index in [4.69, 9.17) is 16.3 Å². The summed E-state index contributed by atoms with van der Waals surface area (Å²) in [7, 11) is 0. The molecule has 19 heavy (non-hydrogen) atoms. The third-order valence-electron chi connectivity index (χ3n) is 3.44. The molecule has 5 heteroatoms. The van der Waals surface area contributed by atoms with Gasteiger partial charge in [0.1, 0.15) is 6.10 Å². The van der Waals surface area contributed by atoms with Gasteiger partial charge in [0.05, 0.1) is 0 Å². The van der Waals surface area contributed by atoms with Gasteiger partial charge in [-0.2, -0.15) is 0 Å². The Kier molecular flexibility index (Phi) is 4.63. The molecule has 0 bridgehead atoms. The second-order valence-corrected chi connectivity index (χ2v) is 5.71. The Morgan fingerprint density at radius 3 is 2.42 bits per heavy atom. The Balaban J connectivity index is 2.21.